The molecule has 0 radical (unpaired) electrons. The van der Waals surface area contributed by atoms with Crippen molar-refractivity contribution in [1.29, 1.82) is 0 Å². The third-order valence-electron chi connectivity index (χ3n) is 3.86. The molecule has 2 aromatic heterocycles. The van der Waals surface area contributed by atoms with Gasteiger partial charge in [-0.25, -0.2) is 0 Å². The van der Waals surface area contributed by atoms with Crippen LogP contribution in [0.5, 0.6) is 0 Å². The molecule has 1 aromatic carbocycles. The van der Waals surface area contributed by atoms with E-state index >= 15 is 0 Å². The topological polar surface area (TPSA) is 50.6 Å². The molecule has 0 atom stereocenters. The zero-order valence-electron chi connectivity index (χ0n) is 13.5. The number of pyridine rings is 1. The predicted molar refractivity (Wildman–Crippen MR) is 98.2 cm³/mol. The fourth-order valence-electron chi connectivity index (χ4n) is 2.64. The highest BCUT2D eigenvalue weighted by Gasteiger charge is 2.20. The van der Waals surface area contributed by atoms with E-state index in [1.807, 2.05) is 19.1 Å². The highest BCUT2D eigenvalue weighted by atomic mass is 35.5. The number of hydrogen-bond acceptors (Lipinski definition) is 2. The van der Waals surface area contributed by atoms with Crippen LogP contribution < -0.4 is 5.32 Å². The third-order valence-corrected chi connectivity index (χ3v) is 4.11. The van der Waals surface area contributed by atoms with Gasteiger partial charge in [0, 0.05) is 16.8 Å². The molecule has 3 aromatic rings. The number of carbonyl (C=O) groups is 2. The summed E-state index contributed by atoms with van der Waals surface area (Å²) in [6, 6.07) is 12.0. The van der Waals surface area contributed by atoms with Crippen molar-refractivity contribution in [2.75, 3.05) is 6.54 Å². The van der Waals surface area contributed by atoms with Gasteiger partial charge in [-0.05, 0) is 55.0 Å². The maximum absolute atomic E-state index is 12.9. The minimum absolute atomic E-state index is 0.127. The number of halogens is 1. The maximum atomic E-state index is 12.9. The number of rotatable bonds is 4. The number of carbonyl (C=O) groups excluding carboxylic acids is 2. The van der Waals surface area contributed by atoms with Crippen molar-refractivity contribution in [3.63, 3.8) is 0 Å². The van der Waals surface area contributed by atoms with Gasteiger partial charge in [0.2, 0.25) is 5.78 Å². The Morgan fingerprint density at radius 1 is 1.20 bits per heavy atom. The van der Waals surface area contributed by atoms with Crippen molar-refractivity contribution in [3.05, 3.63) is 76.1 Å². The molecule has 0 aliphatic carbocycles. The Bertz CT molecular complexity index is 1010. The van der Waals surface area contributed by atoms with Crippen LogP contribution in [0, 0.1) is 19.3 Å². The summed E-state index contributed by atoms with van der Waals surface area (Å²) in [7, 11) is 0. The van der Waals surface area contributed by atoms with E-state index in [9.17, 15) is 9.59 Å². The summed E-state index contributed by atoms with van der Waals surface area (Å²) in [5.41, 5.74) is 2.97. The van der Waals surface area contributed by atoms with Crippen LogP contribution in [0.15, 0.2) is 48.7 Å². The number of terminal acetylenes is 1. The molecule has 1 N–H and O–H groups in total. The van der Waals surface area contributed by atoms with Gasteiger partial charge in [0.1, 0.15) is 0 Å². The first kappa shape index (κ1) is 16.8. The van der Waals surface area contributed by atoms with E-state index in [2.05, 4.69) is 11.2 Å². The lowest BCUT2D eigenvalue weighted by atomic mass is 10.1. The Morgan fingerprint density at radius 3 is 2.60 bits per heavy atom. The van der Waals surface area contributed by atoms with Crippen LogP contribution in [-0.4, -0.2) is 22.6 Å². The monoisotopic (exact) mass is 350 g/mol. The van der Waals surface area contributed by atoms with Crippen LogP contribution in [0.3, 0.4) is 0 Å². The summed E-state index contributed by atoms with van der Waals surface area (Å²) in [6.45, 7) is 2.05. The van der Waals surface area contributed by atoms with Crippen LogP contribution in [0.1, 0.15) is 32.0 Å². The molecule has 0 saturated heterocycles. The van der Waals surface area contributed by atoms with E-state index < -0.39 is 0 Å². The molecule has 0 bridgehead atoms. The number of fused-ring (bicyclic) bond motifs is 1. The molecular weight excluding hydrogens is 336 g/mol. The average Bonchev–Trinajstić information content (AvgIpc) is 2.98. The van der Waals surface area contributed by atoms with Crippen LogP contribution in [0.2, 0.25) is 5.02 Å². The van der Waals surface area contributed by atoms with Gasteiger partial charge in [-0.2, -0.15) is 0 Å². The minimum Gasteiger partial charge on any atom is -0.341 e. The molecule has 0 saturated carbocycles. The lowest BCUT2D eigenvalue weighted by Gasteiger charge is -2.04. The SMILES string of the molecule is C#CCNC(=O)c1cc(C(=O)c2ccc(Cl)cc2)n2ccc(C)cc12. The zero-order valence-corrected chi connectivity index (χ0v) is 14.3. The van der Waals surface area contributed by atoms with Crippen molar-refractivity contribution >= 4 is 28.8 Å². The van der Waals surface area contributed by atoms with Crippen molar-refractivity contribution in [2.24, 2.45) is 0 Å². The number of aromatic nitrogens is 1. The molecule has 0 spiro atoms. The normalized spacial score (nSPS) is 10.4. The highest BCUT2D eigenvalue weighted by Crippen LogP contribution is 2.22. The van der Waals surface area contributed by atoms with Gasteiger partial charge in [0.05, 0.1) is 23.3 Å². The standard InChI is InChI=1S/C20H15ClN2O2/c1-3-9-22-20(25)16-12-18(23-10-8-13(2)11-17(16)23)19(24)14-4-6-15(21)7-5-14/h1,4-8,10-12H,9H2,2H3,(H,22,25). The maximum Gasteiger partial charge on any atom is 0.254 e. The first-order valence-corrected chi connectivity index (χ1v) is 8.02. The summed E-state index contributed by atoms with van der Waals surface area (Å²) < 4.78 is 1.72. The number of ketones is 1. The summed E-state index contributed by atoms with van der Waals surface area (Å²) in [5, 5.41) is 3.20. The second kappa shape index (κ2) is 6.84. The van der Waals surface area contributed by atoms with Gasteiger partial charge in [0.25, 0.3) is 5.91 Å². The van der Waals surface area contributed by atoms with Gasteiger partial charge < -0.3 is 9.72 Å². The van der Waals surface area contributed by atoms with E-state index in [1.54, 1.807) is 40.9 Å². The van der Waals surface area contributed by atoms with E-state index in [-0.39, 0.29) is 18.2 Å². The molecule has 1 amide bonds. The lowest BCUT2D eigenvalue weighted by Crippen LogP contribution is -2.23. The number of nitrogens with one attached hydrogen (secondary N) is 1. The average molecular weight is 351 g/mol. The largest absolute Gasteiger partial charge is 0.341 e. The summed E-state index contributed by atoms with van der Waals surface area (Å²) in [5.74, 6) is 1.87. The second-order valence-electron chi connectivity index (χ2n) is 5.63. The summed E-state index contributed by atoms with van der Waals surface area (Å²) >= 11 is 5.88. The number of nitrogens with zero attached hydrogens (tertiary/aromatic N) is 1. The van der Waals surface area contributed by atoms with Gasteiger partial charge in [-0.15, -0.1) is 6.42 Å². The number of aryl methyl sites for hydroxylation is 1. The van der Waals surface area contributed by atoms with E-state index in [0.29, 0.717) is 27.4 Å². The molecule has 4 nitrogen and oxygen atoms in total. The van der Waals surface area contributed by atoms with Crippen molar-refractivity contribution in [1.82, 2.24) is 9.72 Å². The number of amides is 1. The first-order valence-electron chi connectivity index (χ1n) is 7.65. The Hall–Kier alpha value is -3.03. The van der Waals surface area contributed by atoms with Crippen LogP contribution in [0.4, 0.5) is 0 Å². The van der Waals surface area contributed by atoms with E-state index in [1.165, 1.54) is 0 Å². The Labute approximate surface area is 150 Å². The van der Waals surface area contributed by atoms with E-state index in [0.717, 1.165) is 5.56 Å². The van der Waals surface area contributed by atoms with Gasteiger partial charge >= 0.3 is 0 Å². The molecular formula is C20H15ClN2O2. The van der Waals surface area contributed by atoms with E-state index in [4.69, 9.17) is 18.0 Å². The zero-order chi connectivity index (χ0) is 18.0. The summed E-state index contributed by atoms with van der Waals surface area (Å²) in [6.07, 6.45) is 6.98. The highest BCUT2D eigenvalue weighted by molar-refractivity contribution is 6.30. The molecule has 0 fully saturated rings. The Kier molecular flexibility index (Phi) is 4.60. The molecule has 5 heteroatoms. The fraction of sp³-hybridized carbons (Fsp3) is 0.100. The fourth-order valence-corrected chi connectivity index (χ4v) is 2.76. The second-order valence-corrected chi connectivity index (χ2v) is 6.06. The predicted octanol–water partition coefficient (Wildman–Crippen LogP) is 3.50. The molecule has 0 aliphatic rings. The van der Waals surface area contributed by atoms with Crippen molar-refractivity contribution in [2.45, 2.75) is 6.92 Å². The quantitative estimate of drug-likeness (QED) is 0.578. The number of hydrogen-bond donors (Lipinski definition) is 1. The Balaban J connectivity index is 2.12. The van der Waals surface area contributed by atoms with Crippen molar-refractivity contribution in [3.8, 4) is 12.3 Å². The van der Waals surface area contributed by atoms with Gasteiger partial charge in [-0.3, -0.25) is 9.59 Å². The van der Waals surface area contributed by atoms with Crippen molar-refractivity contribution < 1.29 is 9.59 Å². The van der Waals surface area contributed by atoms with Crippen LogP contribution in [0.25, 0.3) is 5.52 Å². The molecule has 124 valence electrons. The third kappa shape index (κ3) is 3.28. The Morgan fingerprint density at radius 2 is 1.92 bits per heavy atom. The molecule has 0 unspecified atom stereocenters. The van der Waals surface area contributed by atoms with Gasteiger partial charge in [-0.1, -0.05) is 17.5 Å². The lowest BCUT2D eigenvalue weighted by molar-refractivity contribution is 0.0960. The summed E-state index contributed by atoms with van der Waals surface area (Å²) in [4.78, 5) is 25.3. The van der Waals surface area contributed by atoms with Crippen LogP contribution in [-0.2, 0) is 0 Å². The van der Waals surface area contributed by atoms with Gasteiger partial charge in [0.15, 0.2) is 0 Å². The molecule has 2 heterocycles. The van der Waals surface area contributed by atoms with Crippen LogP contribution >= 0.6 is 11.6 Å². The molecule has 0 aliphatic heterocycles. The molecule has 25 heavy (non-hydrogen) atoms. The first-order chi connectivity index (χ1) is 12.0. The smallest absolute Gasteiger partial charge is 0.254 e. The number of benzene rings is 1. The molecule has 3 rings (SSSR count). The minimum atomic E-state index is -0.309.